The molecule has 2 atom stereocenters. The Labute approximate surface area is 70.9 Å². The molecule has 0 spiro atoms. The summed E-state index contributed by atoms with van der Waals surface area (Å²) in [7, 11) is 0. The van der Waals surface area contributed by atoms with Crippen molar-refractivity contribution in [1.82, 2.24) is 5.32 Å². The fourth-order valence-corrected chi connectivity index (χ4v) is 1.25. The van der Waals surface area contributed by atoms with Crippen molar-refractivity contribution >= 4 is 0 Å². The predicted octanol–water partition coefficient (Wildman–Crippen LogP) is 2.59. The Morgan fingerprint density at radius 2 is 2.00 bits per heavy atom. The second-order valence-corrected chi connectivity index (χ2v) is 3.48. The van der Waals surface area contributed by atoms with Crippen LogP contribution in [0.15, 0.2) is 12.2 Å². The number of rotatable bonds is 5. The number of nitrogens with one attached hydrogen (secondary N) is 1. The van der Waals surface area contributed by atoms with Gasteiger partial charge in [-0.3, -0.25) is 0 Å². The van der Waals surface area contributed by atoms with E-state index in [1.54, 1.807) is 0 Å². The van der Waals surface area contributed by atoms with Crippen LogP contribution in [0.1, 0.15) is 34.1 Å². The molecule has 0 aliphatic carbocycles. The molecule has 0 rings (SSSR count). The maximum absolute atomic E-state index is 3.91. The third-order valence-electron chi connectivity index (χ3n) is 2.05. The quantitative estimate of drug-likeness (QED) is 0.602. The molecular weight excluding hydrogens is 134 g/mol. The number of allylic oxidation sites excluding steroid dienone is 1. The highest BCUT2D eigenvalue weighted by molar-refractivity contribution is 4.91. The van der Waals surface area contributed by atoms with Crippen LogP contribution in [0.5, 0.6) is 0 Å². The third-order valence-corrected chi connectivity index (χ3v) is 2.05. The van der Waals surface area contributed by atoms with Crippen molar-refractivity contribution in [2.24, 2.45) is 5.92 Å². The van der Waals surface area contributed by atoms with Crippen LogP contribution in [-0.4, -0.2) is 12.6 Å². The summed E-state index contributed by atoms with van der Waals surface area (Å²) in [4.78, 5) is 0. The summed E-state index contributed by atoms with van der Waals surface area (Å²) >= 11 is 0. The molecule has 66 valence electrons. The van der Waals surface area contributed by atoms with Gasteiger partial charge in [0.25, 0.3) is 0 Å². The minimum atomic E-state index is 0.608. The van der Waals surface area contributed by atoms with E-state index in [1.165, 1.54) is 5.57 Å². The standard InChI is InChI=1S/C10H21N/c1-6-11-10(5)9(4)7-8(2)3/h9-11H,2,6-7H2,1,3-5H3. The van der Waals surface area contributed by atoms with E-state index < -0.39 is 0 Å². The molecule has 0 heterocycles. The van der Waals surface area contributed by atoms with Gasteiger partial charge in [0.2, 0.25) is 0 Å². The fourth-order valence-electron chi connectivity index (χ4n) is 1.25. The van der Waals surface area contributed by atoms with Gasteiger partial charge < -0.3 is 5.32 Å². The summed E-state index contributed by atoms with van der Waals surface area (Å²) < 4.78 is 0. The van der Waals surface area contributed by atoms with Gasteiger partial charge in [-0.1, -0.05) is 19.4 Å². The zero-order valence-electron chi connectivity index (χ0n) is 8.28. The summed E-state index contributed by atoms with van der Waals surface area (Å²) in [6.45, 7) is 13.7. The van der Waals surface area contributed by atoms with Gasteiger partial charge in [0.1, 0.15) is 0 Å². The maximum Gasteiger partial charge on any atom is 0.00672 e. The Balaban J connectivity index is 3.63. The van der Waals surface area contributed by atoms with Gasteiger partial charge in [0.05, 0.1) is 0 Å². The summed E-state index contributed by atoms with van der Waals surface area (Å²) in [5.41, 5.74) is 1.28. The molecule has 0 fully saturated rings. The zero-order chi connectivity index (χ0) is 8.85. The third kappa shape index (κ3) is 5.02. The molecule has 2 unspecified atom stereocenters. The molecular formula is C10H21N. The number of hydrogen-bond acceptors (Lipinski definition) is 1. The molecule has 0 saturated heterocycles. The molecule has 1 heteroatoms. The average Bonchev–Trinajstić information content (AvgIpc) is 1.86. The van der Waals surface area contributed by atoms with E-state index in [0.29, 0.717) is 12.0 Å². The van der Waals surface area contributed by atoms with Gasteiger partial charge >= 0.3 is 0 Å². The molecule has 1 N–H and O–H groups in total. The molecule has 0 aromatic carbocycles. The first-order chi connectivity index (χ1) is 5.07. The van der Waals surface area contributed by atoms with Crippen LogP contribution in [0.25, 0.3) is 0 Å². The van der Waals surface area contributed by atoms with Crippen molar-refractivity contribution in [2.75, 3.05) is 6.54 Å². The lowest BCUT2D eigenvalue weighted by Gasteiger charge is -2.20. The van der Waals surface area contributed by atoms with E-state index >= 15 is 0 Å². The topological polar surface area (TPSA) is 12.0 Å². The summed E-state index contributed by atoms with van der Waals surface area (Å²) in [6, 6.07) is 0.608. The Morgan fingerprint density at radius 3 is 2.36 bits per heavy atom. The highest BCUT2D eigenvalue weighted by Gasteiger charge is 2.09. The molecule has 0 radical (unpaired) electrons. The van der Waals surface area contributed by atoms with Crippen LogP contribution in [0.4, 0.5) is 0 Å². The molecule has 0 amide bonds. The van der Waals surface area contributed by atoms with Crippen LogP contribution < -0.4 is 5.32 Å². The van der Waals surface area contributed by atoms with Crippen molar-refractivity contribution in [1.29, 1.82) is 0 Å². The lowest BCUT2D eigenvalue weighted by molar-refractivity contribution is 0.406. The van der Waals surface area contributed by atoms with E-state index in [0.717, 1.165) is 13.0 Å². The first-order valence-electron chi connectivity index (χ1n) is 4.45. The maximum atomic E-state index is 3.91. The van der Waals surface area contributed by atoms with E-state index in [1.807, 2.05) is 0 Å². The largest absolute Gasteiger partial charge is 0.314 e. The molecule has 1 nitrogen and oxygen atoms in total. The van der Waals surface area contributed by atoms with Crippen LogP contribution in [-0.2, 0) is 0 Å². The molecule has 0 aliphatic rings. The van der Waals surface area contributed by atoms with Gasteiger partial charge in [-0.05, 0) is 32.7 Å². The van der Waals surface area contributed by atoms with E-state index in [4.69, 9.17) is 0 Å². The summed E-state index contributed by atoms with van der Waals surface area (Å²) in [5.74, 6) is 0.701. The first kappa shape index (κ1) is 10.7. The molecule has 0 bridgehead atoms. The van der Waals surface area contributed by atoms with Crippen LogP contribution in [0, 0.1) is 5.92 Å². The summed E-state index contributed by atoms with van der Waals surface area (Å²) in [6.07, 6.45) is 1.13. The lowest BCUT2D eigenvalue weighted by Crippen LogP contribution is -2.31. The van der Waals surface area contributed by atoms with Crippen molar-refractivity contribution in [3.63, 3.8) is 0 Å². The van der Waals surface area contributed by atoms with Gasteiger partial charge in [0, 0.05) is 6.04 Å². The SMILES string of the molecule is C=C(C)CC(C)C(C)NCC. The van der Waals surface area contributed by atoms with Crippen LogP contribution in [0.3, 0.4) is 0 Å². The van der Waals surface area contributed by atoms with Crippen LogP contribution >= 0.6 is 0 Å². The van der Waals surface area contributed by atoms with Crippen molar-refractivity contribution in [3.8, 4) is 0 Å². The highest BCUT2D eigenvalue weighted by Crippen LogP contribution is 2.12. The van der Waals surface area contributed by atoms with E-state index in [2.05, 4.69) is 39.6 Å². The second kappa shape index (κ2) is 5.36. The van der Waals surface area contributed by atoms with E-state index in [-0.39, 0.29) is 0 Å². The van der Waals surface area contributed by atoms with Gasteiger partial charge in [0.15, 0.2) is 0 Å². The smallest absolute Gasteiger partial charge is 0.00672 e. The van der Waals surface area contributed by atoms with Crippen molar-refractivity contribution in [2.45, 2.75) is 40.2 Å². The zero-order valence-corrected chi connectivity index (χ0v) is 8.28. The molecule has 0 aromatic heterocycles. The highest BCUT2D eigenvalue weighted by atomic mass is 14.9. The predicted molar refractivity (Wildman–Crippen MR) is 51.7 cm³/mol. The monoisotopic (exact) mass is 155 g/mol. The Morgan fingerprint density at radius 1 is 1.45 bits per heavy atom. The minimum Gasteiger partial charge on any atom is -0.314 e. The molecule has 11 heavy (non-hydrogen) atoms. The normalized spacial score (nSPS) is 16.0. The molecule has 0 saturated carbocycles. The summed E-state index contributed by atoms with van der Waals surface area (Å²) in [5, 5.41) is 3.41. The molecule has 0 aliphatic heterocycles. The fraction of sp³-hybridized carbons (Fsp3) is 0.800. The van der Waals surface area contributed by atoms with Gasteiger partial charge in [-0.15, -0.1) is 6.58 Å². The Bertz CT molecular complexity index is 118. The molecule has 0 aromatic rings. The second-order valence-electron chi connectivity index (χ2n) is 3.48. The lowest BCUT2D eigenvalue weighted by atomic mass is 9.96. The first-order valence-corrected chi connectivity index (χ1v) is 4.45. The van der Waals surface area contributed by atoms with Gasteiger partial charge in [-0.2, -0.15) is 0 Å². The van der Waals surface area contributed by atoms with Crippen molar-refractivity contribution < 1.29 is 0 Å². The Kier molecular flexibility index (Phi) is 5.22. The number of hydrogen-bond donors (Lipinski definition) is 1. The van der Waals surface area contributed by atoms with Gasteiger partial charge in [-0.25, -0.2) is 0 Å². The Hall–Kier alpha value is -0.300. The average molecular weight is 155 g/mol. The van der Waals surface area contributed by atoms with Crippen LogP contribution in [0.2, 0.25) is 0 Å². The van der Waals surface area contributed by atoms with Crippen molar-refractivity contribution in [3.05, 3.63) is 12.2 Å². The minimum absolute atomic E-state index is 0.608. The van der Waals surface area contributed by atoms with E-state index in [9.17, 15) is 0 Å².